The van der Waals surface area contributed by atoms with Gasteiger partial charge in [0.1, 0.15) is 5.82 Å². The van der Waals surface area contributed by atoms with Gasteiger partial charge in [-0.05, 0) is 38.0 Å². The SMILES string of the molecule is CC(C)CN(C(=O)c1ccc(N)cc1F)C(C)C. The number of rotatable bonds is 4. The summed E-state index contributed by atoms with van der Waals surface area (Å²) in [5, 5.41) is 0. The molecular weight excluding hydrogens is 231 g/mol. The first kappa shape index (κ1) is 14.5. The first-order valence-corrected chi connectivity index (χ1v) is 6.19. The molecule has 4 heteroatoms. The molecule has 1 aromatic carbocycles. The maximum atomic E-state index is 13.7. The van der Waals surface area contributed by atoms with Gasteiger partial charge < -0.3 is 10.6 Å². The highest BCUT2D eigenvalue weighted by atomic mass is 19.1. The van der Waals surface area contributed by atoms with Crippen molar-refractivity contribution in [1.82, 2.24) is 4.90 Å². The average molecular weight is 252 g/mol. The van der Waals surface area contributed by atoms with Gasteiger partial charge in [0.2, 0.25) is 0 Å². The molecule has 2 N–H and O–H groups in total. The van der Waals surface area contributed by atoms with Crippen LogP contribution in [0.15, 0.2) is 18.2 Å². The molecule has 0 aromatic heterocycles. The van der Waals surface area contributed by atoms with Gasteiger partial charge in [-0.3, -0.25) is 4.79 Å². The van der Waals surface area contributed by atoms with Crippen molar-refractivity contribution in [2.24, 2.45) is 5.92 Å². The molecule has 0 aliphatic heterocycles. The first-order chi connectivity index (χ1) is 8.32. The van der Waals surface area contributed by atoms with E-state index in [-0.39, 0.29) is 17.5 Å². The third-order valence-corrected chi connectivity index (χ3v) is 2.67. The standard InChI is InChI=1S/C14H21FN2O/c1-9(2)8-17(10(3)4)14(18)12-6-5-11(16)7-13(12)15/h5-7,9-10H,8,16H2,1-4H3. The maximum Gasteiger partial charge on any atom is 0.257 e. The Labute approximate surface area is 108 Å². The molecule has 1 rings (SSSR count). The Bertz CT molecular complexity index is 430. The Morgan fingerprint density at radius 2 is 1.94 bits per heavy atom. The highest BCUT2D eigenvalue weighted by Crippen LogP contribution is 2.16. The minimum atomic E-state index is -0.561. The molecule has 0 atom stereocenters. The largest absolute Gasteiger partial charge is 0.399 e. The van der Waals surface area contributed by atoms with Crippen LogP contribution in [-0.4, -0.2) is 23.4 Å². The summed E-state index contributed by atoms with van der Waals surface area (Å²) in [5.41, 5.74) is 5.88. The number of hydrogen-bond donors (Lipinski definition) is 1. The van der Waals surface area contributed by atoms with E-state index in [1.165, 1.54) is 12.1 Å². The van der Waals surface area contributed by atoms with E-state index in [1.807, 2.05) is 27.7 Å². The number of nitrogens with two attached hydrogens (primary N) is 1. The summed E-state index contributed by atoms with van der Waals surface area (Å²) in [6.45, 7) is 8.52. The van der Waals surface area contributed by atoms with Crippen molar-refractivity contribution in [2.45, 2.75) is 33.7 Å². The van der Waals surface area contributed by atoms with Crippen LogP contribution in [0.1, 0.15) is 38.1 Å². The van der Waals surface area contributed by atoms with E-state index >= 15 is 0 Å². The quantitative estimate of drug-likeness (QED) is 0.837. The van der Waals surface area contributed by atoms with Crippen LogP contribution in [0, 0.1) is 11.7 Å². The van der Waals surface area contributed by atoms with Gasteiger partial charge in [0, 0.05) is 18.3 Å². The summed E-state index contributed by atoms with van der Waals surface area (Å²) in [5.74, 6) is -0.501. The smallest absolute Gasteiger partial charge is 0.257 e. The van der Waals surface area contributed by atoms with Crippen molar-refractivity contribution in [3.8, 4) is 0 Å². The normalized spacial score (nSPS) is 11.1. The zero-order valence-electron chi connectivity index (χ0n) is 11.4. The number of nitrogens with zero attached hydrogens (tertiary/aromatic N) is 1. The fourth-order valence-electron chi connectivity index (χ4n) is 1.78. The minimum absolute atomic E-state index is 0.0388. The molecule has 0 aliphatic rings. The fraction of sp³-hybridized carbons (Fsp3) is 0.500. The molecule has 0 bridgehead atoms. The third kappa shape index (κ3) is 3.45. The molecular formula is C14H21FN2O. The minimum Gasteiger partial charge on any atom is -0.399 e. The van der Waals surface area contributed by atoms with E-state index < -0.39 is 5.82 Å². The lowest BCUT2D eigenvalue weighted by Crippen LogP contribution is -2.39. The Hall–Kier alpha value is -1.58. The second kappa shape index (κ2) is 5.85. The van der Waals surface area contributed by atoms with E-state index in [0.717, 1.165) is 0 Å². The molecule has 100 valence electrons. The van der Waals surface area contributed by atoms with Crippen LogP contribution in [0.3, 0.4) is 0 Å². The van der Waals surface area contributed by atoms with Crippen molar-refractivity contribution in [2.75, 3.05) is 12.3 Å². The number of anilines is 1. The topological polar surface area (TPSA) is 46.3 Å². The van der Waals surface area contributed by atoms with Gasteiger partial charge in [-0.1, -0.05) is 13.8 Å². The molecule has 0 aliphatic carbocycles. The summed E-state index contributed by atoms with van der Waals surface area (Å²) in [7, 11) is 0. The Morgan fingerprint density at radius 1 is 1.33 bits per heavy atom. The molecule has 0 radical (unpaired) electrons. The van der Waals surface area contributed by atoms with Crippen LogP contribution >= 0.6 is 0 Å². The number of benzene rings is 1. The van der Waals surface area contributed by atoms with Gasteiger partial charge in [0.05, 0.1) is 5.56 Å². The highest BCUT2D eigenvalue weighted by Gasteiger charge is 2.22. The average Bonchev–Trinajstić information content (AvgIpc) is 2.24. The van der Waals surface area contributed by atoms with Crippen molar-refractivity contribution in [3.63, 3.8) is 0 Å². The van der Waals surface area contributed by atoms with Crippen molar-refractivity contribution < 1.29 is 9.18 Å². The number of halogens is 1. The van der Waals surface area contributed by atoms with E-state index in [9.17, 15) is 9.18 Å². The van der Waals surface area contributed by atoms with Gasteiger partial charge in [-0.2, -0.15) is 0 Å². The van der Waals surface area contributed by atoms with Crippen LogP contribution in [0.5, 0.6) is 0 Å². The molecule has 0 spiro atoms. The number of carbonyl (C=O) groups is 1. The molecule has 3 nitrogen and oxygen atoms in total. The molecule has 18 heavy (non-hydrogen) atoms. The molecule has 0 unspecified atom stereocenters. The summed E-state index contributed by atoms with van der Waals surface area (Å²) in [6, 6.07) is 4.21. The third-order valence-electron chi connectivity index (χ3n) is 2.67. The van der Waals surface area contributed by atoms with Crippen molar-refractivity contribution >= 4 is 11.6 Å². The Kier molecular flexibility index (Phi) is 4.70. The number of amides is 1. The van der Waals surface area contributed by atoms with Gasteiger partial charge in [-0.15, -0.1) is 0 Å². The maximum absolute atomic E-state index is 13.7. The van der Waals surface area contributed by atoms with Crippen LogP contribution < -0.4 is 5.73 Å². The lowest BCUT2D eigenvalue weighted by atomic mass is 10.1. The summed E-state index contributed by atoms with van der Waals surface area (Å²) < 4.78 is 13.7. The van der Waals surface area contributed by atoms with Crippen LogP contribution in [0.4, 0.5) is 10.1 Å². The van der Waals surface area contributed by atoms with Gasteiger partial charge in [-0.25, -0.2) is 4.39 Å². The Morgan fingerprint density at radius 3 is 2.39 bits per heavy atom. The zero-order valence-corrected chi connectivity index (χ0v) is 11.4. The molecule has 1 aromatic rings. The molecule has 0 heterocycles. The lowest BCUT2D eigenvalue weighted by molar-refractivity contribution is 0.0677. The molecule has 0 fully saturated rings. The monoisotopic (exact) mass is 252 g/mol. The van der Waals surface area contributed by atoms with Crippen molar-refractivity contribution in [1.29, 1.82) is 0 Å². The van der Waals surface area contributed by atoms with Crippen LogP contribution in [-0.2, 0) is 0 Å². The first-order valence-electron chi connectivity index (χ1n) is 6.19. The molecule has 0 saturated heterocycles. The second-order valence-electron chi connectivity index (χ2n) is 5.18. The molecule has 0 saturated carbocycles. The van der Waals surface area contributed by atoms with Crippen molar-refractivity contribution in [3.05, 3.63) is 29.6 Å². The number of carbonyl (C=O) groups excluding carboxylic acids is 1. The van der Waals surface area contributed by atoms with Gasteiger partial charge >= 0.3 is 0 Å². The fourth-order valence-corrected chi connectivity index (χ4v) is 1.78. The van der Waals surface area contributed by atoms with Crippen LogP contribution in [0.2, 0.25) is 0 Å². The lowest BCUT2D eigenvalue weighted by Gasteiger charge is -2.28. The predicted molar refractivity (Wildman–Crippen MR) is 71.8 cm³/mol. The second-order valence-corrected chi connectivity index (χ2v) is 5.18. The number of nitrogen functional groups attached to an aromatic ring is 1. The predicted octanol–water partition coefficient (Wildman–Crippen LogP) is 2.91. The van der Waals surface area contributed by atoms with E-state index in [1.54, 1.807) is 11.0 Å². The zero-order chi connectivity index (χ0) is 13.9. The van der Waals surface area contributed by atoms with Gasteiger partial charge in [0.25, 0.3) is 5.91 Å². The summed E-state index contributed by atoms with van der Waals surface area (Å²) in [6.07, 6.45) is 0. The molecule has 1 amide bonds. The summed E-state index contributed by atoms with van der Waals surface area (Å²) in [4.78, 5) is 14.0. The summed E-state index contributed by atoms with van der Waals surface area (Å²) >= 11 is 0. The number of hydrogen-bond acceptors (Lipinski definition) is 2. The van der Waals surface area contributed by atoms with E-state index in [4.69, 9.17) is 5.73 Å². The van der Waals surface area contributed by atoms with E-state index in [0.29, 0.717) is 18.2 Å². The van der Waals surface area contributed by atoms with E-state index in [2.05, 4.69) is 0 Å². The Balaban J connectivity index is 3.02. The van der Waals surface area contributed by atoms with Crippen LogP contribution in [0.25, 0.3) is 0 Å². The highest BCUT2D eigenvalue weighted by molar-refractivity contribution is 5.95. The van der Waals surface area contributed by atoms with Gasteiger partial charge in [0.15, 0.2) is 0 Å².